The van der Waals surface area contributed by atoms with Gasteiger partial charge in [-0.15, -0.1) is 0 Å². The van der Waals surface area contributed by atoms with E-state index in [1.165, 1.54) is 0 Å². The van der Waals surface area contributed by atoms with Gasteiger partial charge in [-0.1, -0.05) is 121 Å². The molecule has 38 heavy (non-hydrogen) atoms. The molecule has 216 valence electrons. The minimum atomic E-state index is -1.52. The van der Waals surface area contributed by atoms with E-state index in [4.69, 9.17) is 4.43 Å². The highest BCUT2D eigenvalue weighted by atomic mass is 79.9. The number of carbonyl (C=O) groups is 2. The molecule has 0 aromatic rings. The Balaban J connectivity index is 0.000000289. The monoisotopic (exact) mass is 606 g/mol. The topological polar surface area (TPSA) is 43.4 Å². The predicted molar refractivity (Wildman–Crippen MR) is 170 cm³/mol. The summed E-state index contributed by atoms with van der Waals surface area (Å²) in [5.74, 6) is 1.57. The zero-order chi connectivity index (χ0) is 30.0. The Labute approximate surface area is 243 Å². The van der Waals surface area contributed by atoms with Crippen LogP contribution in [0.25, 0.3) is 0 Å². The lowest BCUT2D eigenvalue weighted by Crippen LogP contribution is -2.38. The summed E-state index contributed by atoms with van der Waals surface area (Å²) in [5, 5.41) is 0.467. The van der Waals surface area contributed by atoms with Crippen molar-refractivity contribution in [2.75, 3.05) is 5.33 Å². The van der Waals surface area contributed by atoms with Crippen LogP contribution in [-0.4, -0.2) is 25.2 Å². The van der Waals surface area contributed by atoms with Gasteiger partial charge in [-0.3, -0.25) is 9.59 Å². The van der Waals surface area contributed by atoms with Gasteiger partial charge in [0.15, 0.2) is 0 Å². The Kier molecular flexibility index (Phi) is 10.7. The molecule has 0 bridgehead atoms. The van der Waals surface area contributed by atoms with Crippen LogP contribution in [0.3, 0.4) is 0 Å². The number of alkyl halides is 1. The molecule has 0 aromatic heterocycles. The van der Waals surface area contributed by atoms with Crippen molar-refractivity contribution in [3.63, 3.8) is 0 Å². The minimum absolute atomic E-state index is 0.0118. The van der Waals surface area contributed by atoms with E-state index in [0.717, 1.165) is 25.0 Å². The van der Waals surface area contributed by atoms with Gasteiger partial charge in [0.1, 0.15) is 11.6 Å². The van der Waals surface area contributed by atoms with Crippen LogP contribution in [0.1, 0.15) is 88.5 Å². The third kappa shape index (κ3) is 7.10. The summed E-state index contributed by atoms with van der Waals surface area (Å²) < 4.78 is 6.06. The molecule has 0 aromatic carbocycles. The molecule has 0 saturated carbocycles. The van der Waals surface area contributed by atoms with Crippen LogP contribution < -0.4 is 0 Å². The van der Waals surface area contributed by atoms with Crippen molar-refractivity contribution >= 4 is 35.8 Å². The number of carbonyl (C=O) groups excluding carboxylic acids is 2. The van der Waals surface area contributed by atoms with Crippen molar-refractivity contribution in [3.8, 4) is 0 Å². The van der Waals surface area contributed by atoms with E-state index in [0.29, 0.717) is 16.9 Å². The average Bonchev–Trinajstić information content (AvgIpc) is 3.32. The van der Waals surface area contributed by atoms with E-state index < -0.39 is 8.32 Å². The number of hydrogen-bond donors (Lipinski definition) is 0. The van der Waals surface area contributed by atoms with Gasteiger partial charge < -0.3 is 4.43 Å². The Morgan fingerprint density at radius 3 is 1.32 bits per heavy atom. The van der Waals surface area contributed by atoms with E-state index in [-0.39, 0.29) is 32.5 Å². The molecule has 0 fully saturated rings. The summed E-state index contributed by atoms with van der Waals surface area (Å²) >= 11 is 3.23. The summed E-state index contributed by atoms with van der Waals surface area (Å²) in [6, 6.07) is 0. The molecule has 3 atom stereocenters. The molecule has 0 N–H and O–H groups in total. The molecule has 0 amide bonds. The number of Topliss-reactive ketones (excluding diaryl/α,β-unsaturated/α-hetero) is 2. The van der Waals surface area contributed by atoms with E-state index in [9.17, 15) is 9.59 Å². The average molecular weight is 608 g/mol. The van der Waals surface area contributed by atoms with Gasteiger partial charge in [-0.25, -0.2) is 0 Å². The standard InChI is InChI=1S/C13H24OSi.C10H15BrO.C10H16O/c1-11(14-15(5,6)7)13(4)10-8-9-12(13,2)3;1-9(2)5-4-6-10(9,3)8(12)7-11;1-8(11)10(4)7-5-6-9(10,2)3/h8-9H,1,10H2,2-7H3;4-5H,6-7H2,1-3H3;5-6H,7H2,1-4H3/t13-;2*10-/m111/s1. The summed E-state index contributed by atoms with van der Waals surface area (Å²) in [5.41, 5.74) is -0.0861. The van der Waals surface area contributed by atoms with Gasteiger partial charge in [-0.2, -0.15) is 0 Å². The summed E-state index contributed by atoms with van der Waals surface area (Å²) in [7, 11) is -1.52. The first-order valence-electron chi connectivity index (χ1n) is 13.9. The van der Waals surface area contributed by atoms with Crippen molar-refractivity contribution in [3.05, 3.63) is 48.8 Å². The number of halogens is 1. The van der Waals surface area contributed by atoms with Crippen molar-refractivity contribution < 1.29 is 14.0 Å². The molecule has 3 rings (SSSR count). The number of hydrogen-bond acceptors (Lipinski definition) is 3. The third-order valence-corrected chi connectivity index (χ3v) is 11.4. The molecule has 3 aliphatic rings. The zero-order valence-electron chi connectivity index (χ0n) is 26.6. The summed E-state index contributed by atoms with van der Waals surface area (Å²) in [4.78, 5) is 23.0. The van der Waals surface area contributed by atoms with Crippen LogP contribution in [0.5, 0.6) is 0 Å². The van der Waals surface area contributed by atoms with E-state index in [1.807, 2.05) is 0 Å². The van der Waals surface area contributed by atoms with E-state index in [1.54, 1.807) is 6.92 Å². The fourth-order valence-corrected chi connectivity index (χ4v) is 6.87. The lowest BCUT2D eigenvalue weighted by molar-refractivity contribution is -0.129. The summed E-state index contributed by atoms with van der Waals surface area (Å²) in [6.07, 6.45) is 15.9. The minimum Gasteiger partial charge on any atom is -0.547 e. The molecule has 0 unspecified atom stereocenters. The second-order valence-corrected chi connectivity index (χ2v) is 19.7. The maximum Gasteiger partial charge on any atom is 0.241 e. The quantitative estimate of drug-likeness (QED) is 0.131. The molecular formula is C33H55BrO3Si. The fourth-order valence-electron chi connectivity index (χ4n) is 5.28. The van der Waals surface area contributed by atoms with Gasteiger partial charge in [0.05, 0.1) is 11.1 Å². The number of allylic oxidation sites excluding steroid dienone is 7. The van der Waals surface area contributed by atoms with Crippen LogP contribution in [0, 0.1) is 32.5 Å². The third-order valence-electron chi connectivity index (χ3n) is 10.0. The predicted octanol–water partition coefficient (Wildman–Crippen LogP) is 9.85. The molecule has 0 heterocycles. The fraction of sp³-hybridized carbons (Fsp3) is 0.697. The Morgan fingerprint density at radius 2 is 1.08 bits per heavy atom. The zero-order valence-corrected chi connectivity index (χ0v) is 29.2. The Morgan fingerprint density at radius 1 is 0.737 bits per heavy atom. The largest absolute Gasteiger partial charge is 0.547 e. The van der Waals surface area contributed by atoms with Crippen LogP contribution >= 0.6 is 15.9 Å². The number of rotatable bonds is 6. The Hall–Kier alpha value is -1.20. The molecule has 0 aliphatic heterocycles. The lowest BCUT2D eigenvalue weighted by atomic mass is 9.67. The number of ketones is 2. The molecule has 5 heteroatoms. The van der Waals surface area contributed by atoms with Gasteiger partial charge in [0.25, 0.3) is 0 Å². The summed E-state index contributed by atoms with van der Waals surface area (Å²) in [6.45, 7) is 31.8. The molecule has 3 aliphatic carbocycles. The Bertz CT molecular complexity index is 994. The highest BCUT2D eigenvalue weighted by Gasteiger charge is 2.47. The highest BCUT2D eigenvalue weighted by Crippen LogP contribution is 2.53. The maximum absolute atomic E-state index is 11.7. The van der Waals surface area contributed by atoms with Gasteiger partial charge in [0, 0.05) is 16.2 Å². The first kappa shape index (κ1) is 34.8. The molecule has 3 nitrogen and oxygen atoms in total. The van der Waals surface area contributed by atoms with Crippen LogP contribution in [0.15, 0.2) is 48.8 Å². The molecule has 0 spiro atoms. The van der Waals surface area contributed by atoms with Gasteiger partial charge in [0.2, 0.25) is 8.32 Å². The van der Waals surface area contributed by atoms with E-state index >= 15 is 0 Å². The maximum atomic E-state index is 11.7. The lowest BCUT2D eigenvalue weighted by Gasteiger charge is -2.41. The first-order chi connectivity index (χ1) is 16.9. The highest BCUT2D eigenvalue weighted by molar-refractivity contribution is 9.09. The first-order valence-corrected chi connectivity index (χ1v) is 18.5. The van der Waals surface area contributed by atoms with Gasteiger partial charge >= 0.3 is 0 Å². The SMILES string of the molecule is C=C(O[Si](C)(C)C)[C@@]1(C)CC=CC1(C)C.CC(=O)[C@@]1(C)CC=CC1(C)C.CC1(C)C=CC[C@]1(C)C(=O)CBr. The smallest absolute Gasteiger partial charge is 0.241 e. The van der Waals surface area contributed by atoms with Crippen LogP contribution in [0.2, 0.25) is 19.6 Å². The van der Waals surface area contributed by atoms with Crippen LogP contribution in [0.4, 0.5) is 0 Å². The molecule has 0 radical (unpaired) electrons. The molecule has 0 saturated heterocycles. The second kappa shape index (κ2) is 11.7. The van der Waals surface area contributed by atoms with Crippen molar-refractivity contribution in [1.82, 2.24) is 0 Å². The van der Waals surface area contributed by atoms with Crippen LogP contribution in [-0.2, 0) is 14.0 Å². The van der Waals surface area contributed by atoms with E-state index in [2.05, 4.69) is 141 Å². The van der Waals surface area contributed by atoms with Crippen molar-refractivity contribution in [2.24, 2.45) is 32.5 Å². The van der Waals surface area contributed by atoms with Crippen molar-refractivity contribution in [2.45, 2.75) is 108 Å². The van der Waals surface area contributed by atoms with Crippen molar-refractivity contribution in [1.29, 1.82) is 0 Å². The van der Waals surface area contributed by atoms with Gasteiger partial charge in [-0.05, 0) is 62.1 Å². The second-order valence-electron chi connectivity index (χ2n) is 14.7. The molecular weight excluding hydrogens is 552 g/mol. The normalized spacial score (nSPS) is 31.6.